The first-order valence-electron chi connectivity index (χ1n) is 8.43. The first-order chi connectivity index (χ1) is 11.5. The predicted octanol–water partition coefficient (Wildman–Crippen LogP) is 3.34. The van der Waals surface area contributed by atoms with Crippen LogP contribution in [0.3, 0.4) is 0 Å². The molecule has 0 aliphatic carbocycles. The van der Waals surface area contributed by atoms with Gasteiger partial charge in [0.15, 0.2) is 0 Å². The fraction of sp³-hybridized carbons (Fsp3) is 0.474. The predicted molar refractivity (Wildman–Crippen MR) is 92.1 cm³/mol. The molecule has 0 saturated heterocycles. The van der Waals surface area contributed by atoms with Crippen molar-refractivity contribution in [1.82, 2.24) is 15.1 Å². The molecule has 0 bridgehead atoms. The average molecular weight is 327 g/mol. The second kappa shape index (κ2) is 6.77. The number of hydrogen-bond donors (Lipinski definition) is 1. The number of fused-ring (bicyclic) bond motifs is 1. The molecule has 0 radical (unpaired) electrons. The highest BCUT2D eigenvalue weighted by atomic mass is 16.5. The molecule has 5 heteroatoms. The number of rotatable bonds is 6. The van der Waals surface area contributed by atoms with E-state index in [1.54, 1.807) is 0 Å². The van der Waals surface area contributed by atoms with Crippen LogP contribution in [-0.4, -0.2) is 26.6 Å². The largest absolute Gasteiger partial charge is 0.461 e. The molecule has 1 N–H and O–H groups in total. The smallest absolute Gasteiger partial charge is 0.306 e. The van der Waals surface area contributed by atoms with Gasteiger partial charge in [0, 0.05) is 36.3 Å². The maximum absolute atomic E-state index is 12.0. The molecule has 1 aromatic carbocycles. The highest BCUT2D eigenvalue weighted by Crippen LogP contribution is 2.32. The van der Waals surface area contributed by atoms with Gasteiger partial charge in [-0.05, 0) is 32.8 Å². The summed E-state index contributed by atoms with van der Waals surface area (Å²) in [6.45, 7) is 8.50. The summed E-state index contributed by atoms with van der Waals surface area (Å²) < 4.78 is 5.38. The lowest BCUT2D eigenvalue weighted by molar-refractivity contribution is -0.145. The summed E-state index contributed by atoms with van der Waals surface area (Å²) in [7, 11) is 0. The minimum absolute atomic E-state index is 0.0636. The van der Waals surface area contributed by atoms with Gasteiger partial charge in [-0.3, -0.25) is 14.8 Å². The van der Waals surface area contributed by atoms with Crippen LogP contribution in [0, 0.1) is 6.92 Å². The Morgan fingerprint density at radius 1 is 1.29 bits per heavy atom. The molecule has 1 aliphatic heterocycles. The lowest BCUT2D eigenvalue weighted by Gasteiger charge is -2.35. The van der Waals surface area contributed by atoms with Gasteiger partial charge < -0.3 is 4.74 Å². The van der Waals surface area contributed by atoms with Crippen LogP contribution in [0.2, 0.25) is 0 Å². The normalized spacial score (nSPS) is 14.6. The van der Waals surface area contributed by atoms with Crippen LogP contribution < -0.4 is 0 Å². The Hall–Kier alpha value is -2.14. The van der Waals surface area contributed by atoms with Gasteiger partial charge >= 0.3 is 5.97 Å². The number of aryl methyl sites for hydroxylation is 1. The van der Waals surface area contributed by atoms with Crippen molar-refractivity contribution in [3.8, 4) is 0 Å². The van der Waals surface area contributed by atoms with Crippen LogP contribution in [0.5, 0.6) is 0 Å². The van der Waals surface area contributed by atoms with Crippen molar-refractivity contribution in [1.29, 1.82) is 0 Å². The highest BCUT2D eigenvalue weighted by molar-refractivity contribution is 5.69. The molecule has 5 nitrogen and oxygen atoms in total. The molecule has 0 fully saturated rings. The summed E-state index contributed by atoms with van der Waals surface area (Å²) in [6, 6.07) is 9.78. The number of aromatic nitrogens is 2. The number of benzene rings is 1. The third-order valence-corrected chi connectivity index (χ3v) is 4.89. The second-order valence-electron chi connectivity index (χ2n) is 7.09. The van der Waals surface area contributed by atoms with E-state index in [-0.39, 0.29) is 11.5 Å². The zero-order valence-corrected chi connectivity index (χ0v) is 14.6. The first kappa shape index (κ1) is 16.7. The Labute approximate surface area is 143 Å². The number of nitrogens with zero attached hydrogens (tertiary/aromatic N) is 2. The zero-order chi connectivity index (χ0) is 17.2. The number of esters is 1. The molecule has 3 rings (SSSR count). The van der Waals surface area contributed by atoms with E-state index in [1.807, 2.05) is 30.3 Å². The van der Waals surface area contributed by atoms with E-state index in [1.165, 1.54) is 5.56 Å². The van der Waals surface area contributed by atoms with Crippen molar-refractivity contribution in [2.75, 3.05) is 0 Å². The van der Waals surface area contributed by atoms with Crippen LogP contribution in [0.15, 0.2) is 30.3 Å². The van der Waals surface area contributed by atoms with E-state index in [2.05, 4.69) is 35.9 Å². The van der Waals surface area contributed by atoms with Gasteiger partial charge in [-0.1, -0.05) is 30.3 Å². The van der Waals surface area contributed by atoms with Gasteiger partial charge in [0.05, 0.1) is 5.69 Å². The fourth-order valence-corrected chi connectivity index (χ4v) is 3.08. The minimum atomic E-state index is -0.138. The van der Waals surface area contributed by atoms with Crippen molar-refractivity contribution >= 4 is 5.97 Å². The molecule has 0 atom stereocenters. The maximum Gasteiger partial charge on any atom is 0.306 e. The van der Waals surface area contributed by atoms with E-state index in [4.69, 9.17) is 4.74 Å². The molecular formula is C19H25N3O2. The number of H-pyrrole nitrogens is 1. The van der Waals surface area contributed by atoms with E-state index < -0.39 is 0 Å². The quantitative estimate of drug-likeness (QED) is 0.827. The van der Waals surface area contributed by atoms with Crippen molar-refractivity contribution in [3.63, 3.8) is 0 Å². The van der Waals surface area contributed by atoms with E-state index in [0.29, 0.717) is 13.0 Å². The Bertz CT molecular complexity index is 707. The van der Waals surface area contributed by atoms with Crippen LogP contribution in [0.25, 0.3) is 0 Å². The Morgan fingerprint density at radius 3 is 2.75 bits per heavy atom. The van der Waals surface area contributed by atoms with Crippen LogP contribution >= 0.6 is 0 Å². The number of ether oxygens (including phenoxy) is 1. The zero-order valence-electron chi connectivity index (χ0n) is 14.6. The van der Waals surface area contributed by atoms with Gasteiger partial charge in [0.25, 0.3) is 0 Å². The summed E-state index contributed by atoms with van der Waals surface area (Å²) >= 11 is 0. The van der Waals surface area contributed by atoms with E-state index >= 15 is 0 Å². The number of hydrogen-bond acceptors (Lipinski definition) is 4. The van der Waals surface area contributed by atoms with Gasteiger partial charge in [-0.15, -0.1) is 0 Å². The molecule has 2 aromatic rings. The van der Waals surface area contributed by atoms with Crippen LogP contribution in [0.1, 0.15) is 49.2 Å². The molecule has 128 valence electrons. The molecule has 2 heterocycles. The second-order valence-corrected chi connectivity index (χ2v) is 7.09. The fourth-order valence-electron chi connectivity index (χ4n) is 3.08. The van der Waals surface area contributed by atoms with Crippen LogP contribution in [0.4, 0.5) is 0 Å². The number of carbonyl (C=O) groups excluding carboxylic acids is 1. The average Bonchev–Trinajstić information content (AvgIpc) is 3.15. The van der Waals surface area contributed by atoms with Crippen molar-refractivity contribution in [2.24, 2.45) is 0 Å². The van der Waals surface area contributed by atoms with Crippen molar-refractivity contribution < 1.29 is 9.53 Å². The molecule has 0 amide bonds. The lowest BCUT2D eigenvalue weighted by atomic mass is 9.96. The summed E-state index contributed by atoms with van der Waals surface area (Å²) in [5.41, 5.74) is 4.53. The first-order valence-corrected chi connectivity index (χ1v) is 8.43. The highest BCUT2D eigenvalue weighted by Gasteiger charge is 2.34. The van der Waals surface area contributed by atoms with Crippen molar-refractivity contribution in [3.05, 3.63) is 52.8 Å². The third kappa shape index (κ3) is 3.67. The monoisotopic (exact) mass is 327 g/mol. The molecule has 0 saturated carbocycles. The van der Waals surface area contributed by atoms with Gasteiger partial charge in [-0.25, -0.2) is 0 Å². The lowest BCUT2D eigenvalue weighted by Crippen LogP contribution is -2.40. The molecule has 0 spiro atoms. The Morgan fingerprint density at radius 2 is 2.04 bits per heavy atom. The van der Waals surface area contributed by atoms with Crippen molar-refractivity contribution in [2.45, 2.75) is 58.8 Å². The number of carbonyl (C=O) groups is 1. The number of aromatic amines is 1. The topological polar surface area (TPSA) is 58.2 Å². The Balaban J connectivity index is 1.48. The summed E-state index contributed by atoms with van der Waals surface area (Å²) in [6.07, 6.45) is 1.20. The Kier molecular flexibility index (Phi) is 4.71. The van der Waals surface area contributed by atoms with Gasteiger partial charge in [-0.2, -0.15) is 5.10 Å². The maximum atomic E-state index is 12.0. The van der Waals surface area contributed by atoms with Crippen LogP contribution in [-0.2, 0) is 29.2 Å². The molecule has 24 heavy (non-hydrogen) atoms. The third-order valence-electron chi connectivity index (χ3n) is 4.89. The van der Waals surface area contributed by atoms with E-state index in [0.717, 1.165) is 36.5 Å². The molecule has 1 aliphatic rings. The summed E-state index contributed by atoms with van der Waals surface area (Å²) in [5.74, 6) is -0.138. The number of nitrogens with one attached hydrogen (secondary N) is 1. The van der Waals surface area contributed by atoms with Gasteiger partial charge in [0.2, 0.25) is 0 Å². The van der Waals surface area contributed by atoms with E-state index in [9.17, 15) is 4.79 Å². The summed E-state index contributed by atoms with van der Waals surface area (Å²) in [4.78, 5) is 14.4. The standard InChI is InChI=1S/C19H25N3O2/c1-14-16-11-22(12-17(16)21-20-14)19(2,3)10-9-18(23)24-13-15-7-5-4-6-8-15/h4-8H,9-13H2,1-3H3,(H,20,21). The summed E-state index contributed by atoms with van der Waals surface area (Å²) in [5, 5.41) is 7.40. The minimum Gasteiger partial charge on any atom is -0.461 e. The molecule has 0 unspecified atom stereocenters. The molecular weight excluding hydrogens is 302 g/mol. The molecule has 1 aromatic heterocycles. The van der Waals surface area contributed by atoms with Gasteiger partial charge in [0.1, 0.15) is 6.61 Å². The SMILES string of the molecule is Cc1[nH]nc2c1CN(C(C)(C)CCC(=O)OCc1ccccc1)C2.